The third-order valence-electron chi connectivity index (χ3n) is 3.58. The van der Waals surface area contributed by atoms with Gasteiger partial charge in [0.05, 0.1) is 17.4 Å². The summed E-state index contributed by atoms with van der Waals surface area (Å²) in [7, 11) is 0. The first-order valence-corrected chi connectivity index (χ1v) is 6.58. The number of alkyl halides is 3. The Balaban J connectivity index is 1.97. The van der Waals surface area contributed by atoms with Gasteiger partial charge in [0.15, 0.2) is 0 Å². The summed E-state index contributed by atoms with van der Waals surface area (Å²) >= 11 is 0. The lowest BCUT2D eigenvalue weighted by Crippen LogP contribution is -2.41. The van der Waals surface area contributed by atoms with Crippen LogP contribution in [0.4, 0.5) is 24.5 Å². The Labute approximate surface area is 120 Å². The molecule has 1 aromatic carbocycles. The lowest BCUT2D eigenvalue weighted by atomic mass is 9.99. The number of hydrogen-bond acceptors (Lipinski definition) is 3. The Hall–Kier alpha value is -2.08. The summed E-state index contributed by atoms with van der Waals surface area (Å²) in [5.41, 5.74) is 8.03. The number of anilines is 2. The molecule has 0 saturated heterocycles. The molecule has 2 aromatic rings. The summed E-state index contributed by atoms with van der Waals surface area (Å²) in [6, 6.07) is 6.96. The molecule has 2 N–H and O–H groups in total. The summed E-state index contributed by atoms with van der Waals surface area (Å²) < 4.78 is 37.9. The molecule has 1 aromatic heterocycles. The molecular formula is C15H14F3N3. The molecule has 0 radical (unpaired) electrons. The largest absolute Gasteiger partial charge is 0.416 e. The maximum Gasteiger partial charge on any atom is 0.416 e. The summed E-state index contributed by atoms with van der Waals surface area (Å²) in [5.74, 6) is 0. The second-order valence-electron chi connectivity index (χ2n) is 5.12. The molecule has 110 valence electrons. The second kappa shape index (κ2) is 5.04. The minimum Gasteiger partial charge on any atom is -0.338 e. The van der Waals surface area contributed by atoms with Crippen LogP contribution in [0.25, 0.3) is 0 Å². The predicted octanol–water partition coefficient (Wildman–Crippen LogP) is 3.12. The quantitative estimate of drug-likeness (QED) is 0.878. The van der Waals surface area contributed by atoms with Crippen LogP contribution in [0.3, 0.4) is 0 Å². The van der Waals surface area contributed by atoms with E-state index in [2.05, 4.69) is 4.98 Å². The van der Waals surface area contributed by atoms with Crippen LogP contribution >= 0.6 is 0 Å². The van der Waals surface area contributed by atoms with Gasteiger partial charge in [0.25, 0.3) is 0 Å². The number of benzene rings is 1. The molecule has 0 fully saturated rings. The minimum absolute atomic E-state index is 0.0535. The lowest BCUT2D eigenvalue weighted by molar-refractivity contribution is -0.137. The first-order chi connectivity index (χ1) is 9.95. The number of nitrogens with zero attached hydrogens (tertiary/aromatic N) is 2. The SMILES string of the molecule is NC1Cc2ccncc2N(c2ccc(C(F)(F)F)cc2)C1. The molecule has 1 aliphatic heterocycles. The van der Waals surface area contributed by atoms with E-state index < -0.39 is 11.7 Å². The molecule has 2 heterocycles. The zero-order chi connectivity index (χ0) is 15.0. The van der Waals surface area contributed by atoms with E-state index in [0.717, 1.165) is 29.8 Å². The molecule has 1 atom stereocenters. The molecule has 6 heteroatoms. The zero-order valence-corrected chi connectivity index (χ0v) is 11.1. The standard InChI is InChI=1S/C15H14F3N3/c16-15(17,18)11-1-3-13(4-2-11)21-9-12(19)7-10-5-6-20-8-14(10)21/h1-6,8,12H,7,9,19H2. The summed E-state index contributed by atoms with van der Waals surface area (Å²) in [4.78, 5) is 6.01. The van der Waals surface area contributed by atoms with E-state index >= 15 is 0 Å². The van der Waals surface area contributed by atoms with Crippen LogP contribution < -0.4 is 10.6 Å². The Bertz CT molecular complexity index is 637. The van der Waals surface area contributed by atoms with E-state index in [1.165, 1.54) is 12.1 Å². The molecule has 0 spiro atoms. The number of halogens is 3. The van der Waals surface area contributed by atoms with Crippen molar-refractivity contribution in [1.29, 1.82) is 0 Å². The molecule has 0 bridgehead atoms. The van der Waals surface area contributed by atoms with Crippen LogP contribution in [0.15, 0.2) is 42.7 Å². The molecule has 3 nitrogen and oxygen atoms in total. The van der Waals surface area contributed by atoms with Crippen LogP contribution in [0.1, 0.15) is 11.1 Å². The topological polar surface area (TPSA) is 42.1 Å². The maximum atomic E-state index is 12.6. The van der Waals surface area contributed by atoms with Crippen LogP contribution in [0, 0.1) is 0 Å². The number of aromatic nitrogens is 1. The van der Waals surface area contributed by atoms with Gasteiger partial charge in [-0.2, -0.15) is 13.2 Å². The number of hydrogen-bond donors (Lipinski definition) is 1. The Morgan fingerprint density at radius 3 is 2.52 bits per heavy atom. The van der Waals surface area contributed by atoms with Crippen LogP contribution in [0.2, 0.25) is 0 Å². The van der Waals surface area contributed by atoms with E-state index in [4.69, 9.17) is 5.73 Å². The minimum atomic E-state index is -4.32. The number of fused-ring (bicyclic) bond motifs is 1. The average molecular weight is 293 g/mol. The van der Waals surface area contributed by atoms with E-state index in [1.54, 1.807) is 12.4 Å². The molecule has 0 amide bonds. The van der Waals surface area contributed by atoms with Crippen molar-refractivity contribution >= 4 is 11.4 Å². The molecular weight excluding hydrogens is 279 g/mol. The lowest BCUT2D eigenvalue weighted by Gasteiger charge is -2.34. The van der Waals surface area contributed by atoms with Crippen molar-refractivity contribution in [1.82, 2.24) is 4.98 Å². The number of pyridine rings is 1. The Morgan fingerprint density at radius 1 is 1.14 bits per heavy atom. The van der Waals surface area contributed by atoms with Gasteiger partial charge >= 0.3 is 6.18 Å². The van der Waals surface area contributed by atoms with Crippen molar-refractivity contribution in [3.8, 4) is 0 Å². The Morgan fingerprint density at radius 2 is 1.86 bits per heavy atom. The van der Waals surface area contributed by atoms with Crippen molar-refractivity contribution in [2.24, 2.45) is 5.73 Å². The van der Waals surface area contributed by atoms with Gasteiger partial charge in [-0.1, -0.05) is 0 Å². The second-order valence-corrected chi connectivity index (χ2v) is 5.12. The summed E-state index contributed by atoms with van der Waals surface area (Å²) in [6.07, 6.45) is -0.161. The van der Waals surface area contributed by atoms with Crippen molar-refractivity contribution in [2.45, 2.75) is 18.6 Å². The van der Waals surface area contributed by atoms with Gasteiger partial charge in [0, 0.05) is 24.5 Å². The van der Waals surface area contributed by atoms with Crippen molar-refractivity contribution < 1.29 is 13.2 Å². The smallest absolute Gasteiger partial charge is 0.338 e. The summed E-state index contributed by atoms with van der Waals surface area (Å²) in [5, 5.41) is 0. The van der Waals surface area contributed by atoms with E-state index in [1.807, 2.05) is 11.0 Å². The van der Waals surface area contributed by atoms with E-state index in [0.29, 0.717) is 12.2 Å². The van der Waals surface area contributed by atoms with Crippen LogP contribution in [0.5, 0.6) is 0 Å². The highest BCUT2D eigenvalue weighted by atomic mass is 19.4. The fourth-order valence-electron chi connectivity index (χ4n) is 2.59. The van der Waals surface area contributed by atoms with Gasteiger partial charge in [-0.15, -0.1) is 0 Å². The molecule has 0 saturated carbocycles. The van der Waals surface area contributed by atoms with Crippen LogP contribution in [-0.2, 0) is 12.6 Å². The van der Waals surface area contributed by atoms with Gasteiger partial charge in [-0.3, -0.25) is 4.98 Å². The highest BCUT2D eigenvalue weighted by Crippen LogP contribution is 2.35. The maximum absolute atomic E-state index is 12.6. The third-order valence-corrected chi connectivity index (χ3v) is 3.58. The number of nitrogens with two attached hydrogens (primary N) is 1. The molecule has 1 unspecified atom stereocenters. The normalized spacial score (nSPS) is 18.5. The monoisotopic (exact) mass is 293 g/mol. The number of rotatable bonds is 1. The highest BCUT2D eigenvalue weighted by Gasteiger charge is 2.30. The van der Waals surface area contributed by atoms with Gasteiger partial charge in [-0.05, 0) is 42.3 Å². The van der Waals surface area contributed by atoms with Gasteiger partial charge < -0.3 is 10.6 Å². The molecule has 1 aliphatic rings. The third kappa shape index (κ3) is 2.71. The summed E-state index contributed by atoms with van der Waals surface area (Å²) in [6.45, 7) is 0.560. The first kappa shape index (κ1) is 13.9. The van der Waals surface area contributed by atoms with Crippen LogP contribution in [-0.4, -0.2) is 17.6 Å². The molecule has 3 rings (SSSR count). The fraction of sp³-hybridized carbons (Fsp3) is 0.267. The Kier molecular flexibility index (Phi) is 3.33. The zero-order valence-electron chi connectivity index (χ0n) is 11.1. The highest BCUT2D eigenvalue weighted by molar-refractivity contribution is 5.67. The van der Waals surface area contributed by atoms with Gasteiger partial charge in [-0.25, -0.2) is 0 Å². The van der Waals surface area contributed by atoms with E-state index in [-0.39, 0.29) is 6.04 Å². The van der Waals surface area contributed by atoms with Gasteiger partial charge in [0.1, 0.15) is 0 Å². The van der Waals surface area contributed by atoms with E-state index in [9.17, 15) is 13.2 Å². The molecule has 0 aliphatic carbocycles. The predicted molar refractivity (Wildman–Crippen MR) is 74.4 cm³/mol. The first-order valence-electron chi connectivity index (χ1n) is 6.58. The molecule has 21 heavy (non-hydrogen) atoms. The van der Waals surface area contributed by atoms with Crippen molar-refractivity contribution in [3.05, 3.63) is 53.9 Å². The average Bonchev–Trinajstić information content (AvgIpc) is 2.45. The van der Waals surface area contributed by atoms with Crippen molar-refractivity contribution in [2.75, 3.05) is 11.4 Å². The van der Waals surface area contributed by atoms with Crippen molar-refractivity contribution in [3.63, 3.8) is 0 Å². The fourth-order valence-corrected chi connectivity index (χ4v) is 2.59. The van der Waals surface area contributed by atoms with Gasteiger partial charge in [0.2, 0.25) is 0 Å².